The highest BCUT2D eigenvalue weighted by Gasteiger charge is 2.26. The van der Waals surface area contributed by atoms with Gasteiger partial charge in [-0.25, -0.2) is 0 Å². The summed E-state index contributed by atoms with van der Waals surface area (Å²) < 4.78 is 0. The van der Waals surface area contributed by atoms with E-state index in [2.05, 4.69) is 5.32 Å². The fraction of sp³-hybridized carbons (Fsp3) is 0.429. The zero-order chi connectivity index (χ0) is 13.8. The van der Waals surface area contributed by atoms with E-state index >= 15 is 0 Å². The number of likely N-dealkylation sites (tertiary alicyclic amines) is 1. The molecule has 1 saturated heterocycles. The summed E-state index contributed by atoms with van der Waals surface area (Å²) in [6.45, 7) is 2.71. The molecule has 5 nitrogen and oxygen atoms in total. The van der Waals surface area contributed by atoms with Crippen molar-refractivity contribution in [3.05, 3.63) is 29.8 Å². The van der Waals surface area contributed by atoms with Crippen LogP contribution in [0.2, 0.25) is 0 Å². The van der Waals surface area contributed by atoms with Gasteiger partial charge in [-0.3, -0.25) is 9.59 Å². The maximum absolute atomic E-state index is 11.9. The van der Waals surface area contributed by atoms with E-state index in [-0.39, 0.29) is 6.54 Å². The molecule has 0 radical (unpaired) electrons. The van der Waals surface area contributed by atoms with E-state index in [1.807, 2.05) is 19.1 Å². The Hall–Kier alpha value is -1.88. The number of carbonyl (C=O) groups excluding carboxylic acids is 2. The fourth-order valence-electron chi connectivity index (χ4n) is 2.10. The Morgan fingerprint density at radius 1 is 1.32 bits per heavy atom. The highest BCUT2D eigenvalue weighted by Crippen LogP contribution is 2.12. The molecular formula is C14H18N2O3. The lowest BCUT2D eigenvalue weighted by Crippen LogP contribution is -2.46. The van der Waals surface area contributed by atoms with Crippen molar-refractivity contribution in [2.45, 2.75) is 25.9 Å². The van der Waals surface area contributed by atoms with Crippen LogP contribution in [-0.2, 0) is 9.59 Å². The molecule has 0 bridgehead atoms. The second-order valence-corrected chi connectivity index (χ2v) is 4.87. The number of aliphatic hydroxyl groups is 1. The second-order valence-electron chi connectivity index (χ2n) is 4.87. The van der Waals surface area contributed by atoms with Crippen molar-refractivity contribution in [1.82, 2.24) is 4.90 Å². The molecule has 1 aromatic carbocycles. The van der Waals surface area contributed by atoms with Crippen molar-refractivity contribution < 1.29 is 14.7 Å². The molecule has 0 aromatic heterocycles. The summed E-state index contributed by atoms with van der Waals surface area (Å²) in [7, 11) is 0. The van der Waals surface area contributed by atoms with Gasteiger partial charge in [0.05, 0.1) is 6.10 Å². The molecule has 0 saturated carbocycles. The summed E-state index contributed by atoms with van der Waals surface area (Å²) in [6.07, 6.45) is 0.888. The van der Waals surface area contributed by atoms with Crippen molar-refractivity contribution >= 4 is 17.5 Å². The monoisotopic (exact) mass is 262 g/mol. The minimum Gasteiger partial charge on any atom is -0.391 e. The Morgan fingerprint density at radius 2 is 2.00 bits per heavy atom. The lowest BCUT2D eigenvalue weighted by molar-refractivity contribution is -0.145. The predicted octanol–water partition coefficient (Wildman–Crippen LogP) is 0.917. The first kappa shape index (κ1) is 13.5. The summed E-state index contributed by atoms with van der Waals surface area (Å²) in [5.41, 5.74) is 1.69. The molecule has 1 atom stereocenters. The number of β-amino-alcohol motifs (C(OH)–C–C–N with tert-alkyl or cyclic N) is 1. The average molecular weight is 262 g/mol. The van der Waals surface area contributed by atoms with E-state index in [9.17, 15) is 14.7 Å². The van der Waals surface area contributed by atoms with E-state index in [0.29, 0.717) is 18.7 Å². The smallest absolute Gasteiger partial charge is 0.313 e. The quantitative estimate of drug-likeness (QED) is 0.739. The van der Waals surface area contributed by atoms with E-state index in [1.165, 1.54) is 4.90 Å². The van der Waals surface area contributed by atoms with Crippen molar-refractivity contribution in [1.29, 1.82) is 0 Å². The summed E-state index contributed by atoms with van der Waals surface area (Å²) in [6, 6.07) is 7.24. The number of nitrogens with zero attached hydrogens (tertiary/aromatic N) is 1. The first-order valence-corrected chi connectivity index (χ1v) is 6.41. The third kappa shape index (κ3) is 3.54. The first-order valence-electron chi connectivity index (χ1n) is 6.41. The molecule has 1 aromatic rings. The lowest BCUT2D eigenvalue weighted by atomic mass is 10.1. The van der Waals surface area contributed by atoms with Gasteiger partial charge < -0.3 is 15.3 Å². The van der Waals surface area contributed by atoms with Gasteiger partial charge in [-0.15, -0.1) is 0 Å². The number of hydrogen-bond acceptors (Lipinski definition) is 3. The molecule has 1 unspecified atom stereocenters. The van der Waals surface area contributed by atoms with Gasteiger partial charge in [0.2, 0.25) is 0 Å². The van der Waals surface area contributed by atoms with Gasteiger partial charge in [-0.05, 0) is 31.9 Å². The Labute approximate surface area is 112 Å². The number of carbonyl (C=O) groups is 2. The number of aryl methyl sites for hydroxylation is 1. The van der Waals surface area contributed by atoms with Gasteiger partial charge in [0.15, 0.2) is 0 Å². The number of rotatable bonds is 1. The molecule has 2 amide bonds. The summed E-state index contributed by atoms with van der Waals surface area (Å²) in [5.74, 6) is -1.24. The molecule has 5 heteroatoms. The molecule has 1 fully saturated rings. The normalized spacial score (nSPS) is 19.1. The molecule has 1 aliphatic heterocycles. The van der Waals surface area contributed by atoms with Gasteiger partial charge in [-0.2, -0.15) is 0 Å². The predicted molar refractivity (Wildman–Crippen MR) is 71.6 cm³/mol. The molecule has 0 aliphatic carbocycles. The van der Waals surface area contributed by atoms with Crippen LogP contribution in [0.3, 0.4) is 0 Å². The van der Waals surface area contributed by atoms with Crippen LogP contribution in [-0.4, -0.2) is 41.0 Å². The van der Waals surface area contributed by atoms with Gasteiger partial charge in [0, 0.05) is 18.8 Å². The zero-order valence-electron chi connectivity index (χ0n) is 10.9. The Morgan fingerprint density at radius 3 is 2.63 bits per heavy atom. The number of amides is 2. The van der Waals surface area contributed by atoms with Crippen molar-refractivity contribution in [3.8, 4) is 0 Å². The summed E-state index contributed by atoms with van der Waals surface area (Å²) in [5, 5.41) is 12.1. The maximum Gasteiger partial charge on any atom is 0.313 e. The van der Waals surface area contributed by atoms with Gasteiger partial charge in [0.1, 0.15) is 0 Å². The highest BCUT2D eigenvalue weighted by molar-refractivity contribution is 6.39. The van der Waals surface area contributed by atoms with Crippen molar-refractivity contribution in [2.24, 2.45) is 0 Å². The van der Waals surface area contributed by atoms with Crippen LogP contribution in [0.1, 0.15) is 18.4 Å². The summed E-state index contributed by atoms with van der Waals surface area (Å²) in [4.78, 5) is 25.1. The molecule has 2 rings (SSSR count). The number of hydrogen-bond donors (Lipinski definition) is 2. The number of anilines is 1. The van der Waals surface area contributed by atoms with E-state index in [0.717, 1.165) is 12.0 Å². The van der Waals surface area contributed by atoms with Crippen LogP contribution < -0.4 is 5.32 Å². The Bertz CT molecular complexity index is 470. The summed E-state index contributed by atoms with van der Waals surface area (Å²) >= 11 is 0. The molecular weight excluding hydrogens is 244 g/mol. The van der Waals surface area contributed by atoms with E-state index < -0.39 is 17.9 Å². The first-order chi connectivity index (χ1) is 9.06. The minimum atomic E-state index is -0.655. The average Bonchev–Trinajstić information content (AvgIpc) is 2.40. The fourth-order valence-corrected chi connectivity index (χ4v) is 2.10. The van der Waals surface area contributed by atoms with Crippen LogP contribution >= 0.6 is 0 Å². The third-order valence-corrected chi connectivity index (χ3v) is 3.19. The highest BCUT2D eigenvalue weighted by atomic mass is 16.3. The SMILES string of the molecule is Cc1ccc(NC(=O)C(=O)N2CCCC(O)C2)cc1. The van der Waals surface area contributed by atoms with Crippen LogP contribution in [0, 0.1) is 6.92 Å². The molecule has 19 heavy (non-hydrogen) atoms. The van der Waals surface area contributed by atoms with E-state index in [1.54, 1.807) is 12.1 Å². The molecule has 102 valence electrons. The molecule has 0 spiro atoms. The lowest BCUT2D eigenvalue weighted by Gasteiger charge is -2.29. The van der Waals surface area contributed by atoms with Crippen molar-refractivity contribution in [3.63, 3.8) is 0 Å². The van der Waals surface area contributed by atoms with Crippen LogP contribution in [0.5, 0.6) is 0 Å². The second kappa shape index (κ2) is 5.84. The number of benzene rings is 1. The van der Waals surface area contributed by atoms with Gasteiger partial charge in [0.25, 0.3) is 0 Å². The van der Waals surface area contributed by atoms with Gasteiger partial charge >= 0.3 is 11.8 Å². The molecule has 2 N–H and O–H groups in total. The molecule has 1 aliphatic rings. The van der Waals surface area contributed by atoms with Crippen LogP contribution in [0.4, 0.5) is 5.69 Å². The zero-order valence-corrected chi connectivity index (χ0v) is 10.9. The third-order valence-electron chi connectivity index (χ3n) is 3.19. The van der Waals surface area contributed by atoms with Gasteiger partial charge in [-0.1, -0.05) is 17.7 Å². The van der Waals surface area contributed by atoms with E-state index in [4.69, 9.17) is 0 Å². The Kier molecular flexibility index (Phi) is 4.16. The number of piperidine rings is 1. The standard InChI is InChI=1S/C14H18N2O3/c1-10-4-6-11(7-5-10)15-13(18)14(19)16-8-2-3-12(17)9-16/h4-7,12,17H,2-3,8-9H2,1H3,(H,15,18). The number of aliphatic hydroxyl groups excluding tert-OH is 1. The Balaban J connectivity index is 1.95. The largest absolute Gasteiger partial charge is 0.391 e. The molecule has 1 heterocycles. The minimum absolute atomic E-state index is 0.236. The van der Waals surface area contributed by atoms with Crippen LogP contribution in [0.15, 0.2) is 24.3 Å². The number of nitrogens with one attached hydrogen (secondary N) is 1. The van der Waals surface area contributed by atoms with Crippen molar-refractivity contribution in [2.75, 3.05) is 18.4 Å². The maximum atomic E-state index is 11.9. The van der Waals surface area contributed by atoms with Crippen LogP contribution in [0.25, 0.3) is 0 Å². The topological polar surface area (TPSA) is 69.6 Å².